The predicted octanol–water partition coefficient (Wildman–Crippen LogP) is 1.56. The minimum atomic E-state index is -3.99. The Kier molecular flexibility index (Phi) is 6.49. The molecule has 2 heterocycles. The highest BCUT2D eigenvalue weighted by Gasteiger charge is 2.44. The third kappa shape index (κ3) is 4.57. The summed E-state index contributed by atoms with van der Waals surface area (Å²) in [5.74, 6) is -1.56. The van der Waals surface area contributed by atoms with Crippen molar-refractivity contribution in [1.82, 2.24) is 4.31 Å². The summed E-state index contributed by atoms with van der Waals surface area (Å²) in [6.45, 7) is 2.32. The van der Waals surface area contributed by atoms with E-state index < -0.39 is 27.9 Å². The van der Waals surface area contributed by atoms with Crippen LogP contribution in [0.3, 0.4) is 0 Å². The van der Waals surface area contributed by atoms with Crippen LogP contribution in [0, 0.1) is 5.92 Å². The van der Waals surface area contributed by atoms with Crippen molar-refractivity contribution in [2.45, 2.75) is 30.7 Å². The fraction of sp³-hybridized carbons (Fsp3) is 0.304. The molecule has 1 fully saturated rings. The molecule has 0 saturated carbocycles. The van der Waals surface area contributed by atoms with E-state index in [0.29, 0.717) is 29.3 Å². The van der Waals surface area contributed by atoms with Gasteiger partial charge in [0, 0.05) is 17.7 Å². The molecule has 11 heteroatoms. The lowest BCUT2D eigenvalue weighted by Crippen LogP contribution is -2.43. The maximum absolute atomic E-state index is 13.3. The second kappa shape index (κ2) is 9.35. The van der Waals surface area contributed by atoms with Gasteiger partial charge >= 0.3 is 5.97 Å². The molecule has 2 aliphatic heterocycles. The van der Waals surface area contributed by atoms with Gasteiger partial charge < -0.3 is 15.6 Å². The average molecular weight is 486 g/mol. The highest BCUT2D eigenvalue weighted by molar-refractivity contribution is 7.89. The summed E-state index contributed by atoms with van der Waals surface area (Å²) in [5, 5.41) is 13.6. The number of carboxylic acids is 1. The van der Waals surface area contributed by atoms with Gasteiger partial charge in [-0.2, -0.15) is 4.31 Å². The van der Waals surface area contributed by atoms with Gasteiger partial charge in [-0.25, -0.2) is 8.42 Å². The van der Waals surface area contributed by atoms with Crippen molar-refractivity contribution in [1.29, 1.82) is 0 Å². The molecule has 2 aromatic carbocycles. The summed E-state index contributed by atoms with van der Waals surface area (Å²) in [5.41, 5.74) is 7.37. The van der Waals surface area contributed by atoms with E-state index in [-0.39, 0.29) is 30.2 Å². The van der Waals surface area contributed by atoms with E-state index in [1.807, 2.05) is 13.0 Å². The number of benzene rings is 2. The number of sulfonamides is 1. The Bertz CT molecular complexity index is 1290. The minimum Gasteiger partial charge on any atom is -0.494 e. The van der Waals surface area contributed by atoms with Gasteiger partial charge in [0.15, 0.2) is 6.21 Å². The molecule has 0 spiro atoms. The van der Waals surface area contributed by atoms with Crippen LogP contribution < -0.4 is 10.5 Å². The van der Waals surface area contributed by atoms with Crippen LogP contribution in [0.15, 0.2) is 58.5 Å². The number of nitrogens with two attached hydrogens (primary N) is 1. The number of carbonyl (C=O) groups excluding carboxylic acids is 1. The maximum Gasteiger partial charge on any atom is 0.309 e. The Morgan fingerprint density at radius 1 is 1.24 bits per heavy atom. The molecule has 1 amide bonds. The van der Waals surface area contributed by atoms with Crippen LogP contribution in [-0.4, -0.2) is 65.5 Å². The number of para-hydroxylation sites is 1. The number of aliphatic carboxylic acids is 1. The van der Waals surface area contributed by atoms with Crippen LogP contribution in [0.5, 0.6) is 5.75 Å². The van der Waals surface area contributed by atoms with Crippen LogP contribution in [0.4, 0.5) is 5.69 Å². The Labute approximate surface area is 197 Å². The van der Waals surface area contributed by atoms with Crippen molar-refractivity contribution < 1.29 is 32.5 Å². The summed E-state index contributed by atoms with van der Waals surface area (Å²) in [4.78, 5) is 23.4. The van der Waals surface area contributed by atoms with Crippen LogP contribution >= 0.6 is 0 Å². The molecule has 2 aromatic rings. The first-order chi connectivity index (χ1) is 16.2. The van der Waals surface area contributed by atoms with E-state index in [1.54, 1.807) is 41.2 Å². The van der Waals surface area contributed by atoms with Gasteiger partial charge in [-0.1, -0.05) is 16.8 Å². The van der Waals surface area contributed by atoms with Crippen molar-refractivity contribution in [2.75, 3.05) is 13.2 Å². The van der Waals surface area contributed by atoms with Crippen LogP contribution in [0.25, 0.3) is 0 Å². The molecule has 2 atom stereocenters. The second-order valence-corrected chi connectivity index (χ2v) is 9.91. The van der Waals surface area contributed by atoms with Gasteiger partial charge in [-0.3, -0.25) is 9.59 Å². The molecule has 0 bridgehead atoms. The lowest BCUT2D eigenvalue weighted by atomic mass is 10.1. The Balaban J connectivity index is 1.64. The zero-order chi connectivity index (χ0) is 24.5. The third-order valence-corrected chi connectivity index (χ3v) is 7.61. The monoisotopic (exact) mass is 485 g/mol. The molecule has 3 N–H and O–H groups in total. The van der Waals surface area contributed by atoms with E-state index in [4.69, 9.17) is 10.5 Å². The normalized spacial score (nSPS) is 21.3. The maximum atomic E-state index is 13.3. The second-order valence-electron chi connectivity index (χ2n) is 8.02. The number of carboxylic acid groups (broad SMARTS) is 1. The van der Waals surface area contributed by atoms with Gasteiger partial charge in [-0.15, -0.1) is 0 Å². The number of nitrogens with zero attached hydrogens (tertiary/aromatic N) is 3. The number of amides is 1. The highest BCUT2D eigenvalue weighted by atomic mass is 32.2. The minimum absolute atomic E-state index is 0.0333. The number of ether oxygens (including phenoxy) is 1. The number of carbonyl (C=O) groups is 2. The lowest BCUT2D eigenvalue weighted by molar-refractivity contribution is -0.438. The van der Waals surface area contributed by atoms with Crippen molar-refractivity contribution in [2.24, 2.45) is 16.8 Å². The van der Waals surface area contributed by atoms with E-state index in [0.717, 1.165) is 4.31 Å². The van der Waals surface area contributed by atoms with Gasteiger partial charge in [-0.05, 0) is 43.7 Å². The Morgan fingerprint density at radius 2 is 1.94 bits per heavy atom. The van der Waals surface area contributed by atoms with Crippen molar-refractivity contribution in [3.63, 3.8) is 0 Å². The summed E-state index contributed by atoms with van der Waals surface area (Å²) in [6, 6.07) is 12.2. The number of hydrazone groups is 1. The van der Waals surface area contributed by atoms with E-state index in [9.17, 15) is 23.1 Å². The molecule has 10 nitrogen and oxygen atoms in total. The molecule has 34 heavy (non-hydrogen) atoms. The highest BCUT2D eigenvalue weighted by Crippen LogP contribution is 2.32. The standard InChI is InChI=1S/C23H24N4O6S/c1-2-33-16-7-9-17(10-8-16)34(31,32)27-14-15(11-21(27)23(24)30)13-26-20-6-4-3-5-18(20)19(25-26)12-22(28)29/h3-10,13,15,21H,2,11-12,14H2,1H3,(H2-,24,28,29,30)/p+1/b26-13+/t15?,21-/m1/s1. The van der Waals surface area contributed by atoms with E-state index in [2.05, 4.69) is 5.10 Å². The quantitative estimate of drug-likeness (QED) is 0.543. The predicted molar refractivity (Wildman–Crippen MR) is 124 cm³/mol. The SMILES string of the molecule is CCOc1ccc(S(=O)(=O)N2CC(/C=[N+]3/N=C(CC(=O)O)c4ccccc43)C[C@@H]2C(N)=O)cc1. The van der Waals surface area contributed by atoms with Crippen molar-refractivity contribution in [3.8, 4) is 5.75 Å². The van der Waals surface area contributed by atoms with Crippen molar-refractivity contribution >= 4 is 39.5 Å². The average Bonchev–Trinajstić information content (AvgIpc) is 3.37. The number of rotatable bonds is 8. The summed E-state index contributed by atoms with van der Waals surface area (Å²) in [6.07, 6.45) is 1.67. The number of hydrogen-bond donors (Lipinski definition) is 2. The number of primary amides is 1. The molecule has 1 saturated heterocycles. The summed E-state index contributed by atoms with van der Waals surface area (Å²) >= 11 is 0. The largest absolute Gasteiger partial charge is 0.494 e. The molecular formula is C23H25N4O6S+. The molecule has 1 unspecified atom stereocenters. The fourth-order valence-corrected chi connectivity index (χ4v) is 5.88. The van der Waals surface area contributed by atoms with Crippen LogP contribution in [0.2, 0.25) is 0 Å². The van der Waals surface area contributed by atoms with Crippen LogP contribution in [0.1, 0.15) is 25.3 Å². The molecule has 178 valence electrons. The van der Waals surface area contributed by atoms with E-state index >= 15 is 0 Å². The summed E-state index contributed by atoms with van der Waals surface area (Å²) < 4.78 is 34.7. The topological polar surface area (TPSA) is 142 Å². The molecule has 0 aliphatic carbocycles. The van der Waals surface area contributed by atoms with Gasteiger partial charge in [0.1, 0.15) is 17.5 Å². The van der Waals surface area contributed by atoms with Crippen LogP contribution in [-0.2, 0) is 19.6 Å². The molecule has 2 aliphatic rings. The fourth-order valence-electron chi connectivity index (χ4n) is 4.22. The Hall–Kier alpha value is -3.57. The van der Waals surface area contributed by atoms with E-state index in [1.165, 1.54) is 12.1 Å². The zero-order valence-electron chi connectivity index (χ0n) is 18.5. The molecule has 0 aromatic heterocycles. The first kappa shape index (κ1) is 23.6. The van der Waals surface area contributed by atoms with Gasteiger partial charge in [0.25, 0.3) is 0 Å². The number of hydrogen-bond acceptors (Lipinski definition) is 6. The first-order valence-corrected chi connectivity index (χ1v) is 12.2. The van der Waals surface area contributed by atoms with Gasteiger partial charge in [0.05, 0.1) is 29.4 Å². The molecule has 4 rings (SSSR count). The molecular weight excluding hydrogens is 460 g/mol. The van der Waals surface area contributed by atoms with Crippen molar-refractivity contribution in [3.05, 3.63) is 54.1 Å². The number of fused-ring (bicyclic) bond motifs is 1. The third-order valence-electron chi connectivity index (χ3n) is 5.72. The smallest absolute Gasteiger partial charge is 0.309 e. The summed E-state index contributed by atoms with van der Waals surface area (Å²) in [7, 11) is -3.99. The Morgan fingerprint density at radius 3 is 2.59 bits per heavy atom. The zero-order valence-corrected chi connectivity index (χ0v) is 19.3. The molecule has 0 radical (unpaired) electrons. The lowest BCUT2D eigenvalue weighted by Gasteiger charge is -2.21. The first-order valence-electron chi connectivity index (χ1n) is 10.8. The van der Waals surface area contributed by atoms with Gasteiger partial charge in [0.2, 0.25) is 21.6 Å².